The molecule has 0 aliphatic carbocycles. The summed E-state index contributed by atoms with van der Waals surface area (Å²) in [6.45, 7) is 1.94. The van der Waals surface area contributed by atoms with Crippen LogP contribution < -0.4 is 5.32 Å². The lowest BCUT2D eigenvalue weighted by Crippen LogP contribution is -2.48. The van der Waals surface area contributed by atoms with Gasteiger partial charge in [-0.1, -0.05) is 5.92 Å². The third kappa shape index (κ3) is 4.66. The maximum absolute atomic E-state index is 11.5. The molecule has 0 aromatic heterocycles. The molecule has 90 valence electrons. The molecule has 0 radical (unpaired) electrons. The fraction of sp³-hybridized carbons (Fsp3) is 0.600. The molecular formula is C10H16N2O4. The number of terminal acetylenes is 1. The van der Waals surface area contributed by atoms with E-state index in [9.17, 15) is 9.59 Å². The molecule has 6 heteroatoms. The first-order valence-electron chi connectivity index (χ1n) is 4.89. The Morgan fingerprint density at radius 3 is 2.56 bits per heavy atom. The zero-order valence-electron chi connectivity index (χ0n) is 9.14. The van der Waals surface area contributed by atoms with Crippen molar-refractivity contribution in [1.29, 1.82) is 0 Å². The van der Waals surface area contributed by atoms with Crippen LogP contribution in [0.2, 0.25) is 0 Å². The van der Waals surface area contributed by atoms with E-state index in [2.05, 4.69) is 11.2 Å². The van der Waals surface area contributed by atoms with Crippen LogP contribution in [0.1, 0.15) is 13.3 Å². The van der Waals surface area contributed by atoms with Crippen molar-refractivity contribution in [2.75, 3.05) is 19.7 Å². The van der Waals surface area contributed by atoms with Crippen LogP contribution in [-0.2, 0) is 4.79 Å². The van der Waals surface area contributed by atoms with Gasteiger partial charge < -0.3 is 20.4 Å². The van der Waals surface area contributed by atoms with E-state index in [1.54, 1.807) is 6.92 Å². The van der Waals surface area contributed by atoms with E-state index in [1.807, 2.05) is 0 Å². The van der Waals surface area contributed by atoms with Gasteiger partial charge in [0.1, 0.15) is 6.04 Å². The van der Waals surface area contributed by atoms with Gasteiger partial charge in [0.15, 0.2) is 0 Å². The Balaban J connectivity index is 4.38. The van der Waals surface area contributed by atoms with Crippen molar-refractivity contribution in [3.8, 4) is 12.3 Å². The van der Waals surface area contributed by atoms with E-state index in [1.165, 1.54) is 4.90 Å². The highest BCUT2D eigenvalue weighted by molar-refractivity contribution is 5.82. The van der Waals surface area contributed by atoms with Crippen LogP contribution >= 0.6 is 0 Å². The minimum atomic E-state index is -1.18. The smallest absolute Gasteiger partial charge is 0.326 e. The lowest BCUT2D eigenvalue weighted by atomic mass is 10.2. The molecule has 2 amide bonds. The maximum Gasteiger partial charge on any atom is 0.326 e. The summed E-state index contributed by atoms with van der Waals surface area (Å²) in [5.41, 5.74) is 0. The van der Waals surface area contributed by atoms with Crippen LogP contribution in [0, 0.1) is 12.3 Å². The number of hydrogen-bond acceptors (Lipinski definition) is 3. The number of urea groups is 1. The zero-order chi connectivity index (χ0) is 12.6. The Kier molecular flexibility index (Phi) is 6.72. The number of aliphatic carboxylic acids is 1. The third-order valence-corrected chi connectivity index (χ3v) is 1.96. The quantitative estimate of drug-likeness (QED) is 0.534. The summed E-state index contributed by atoms with van der Waals surface area (Å²) < 4.78 is 0. The van der Waals surface area contributed by atoms with Crippen molar-refractivity contribution in [3.63, 3.8) is 0 Å². The van der Waals surface area contributed by atoms with Crippen LogP contribution in [0.25, 0.3) is 0 Å². The monoisotopic (exact) mass is 228 g/mol. The number of rotatable bonds is 6. The van der Waals surface area contributed by atoms with Crippen molar-refractivity contribution in [3.05, 3.63) is 0 Å². The van der Waals surface area contributed by atoms with E-state index in [0.29, 0.717) is 6.54 Å². The Labute approximate surface area is 94.2 Å². The van der Waals surface area contributed by atoms with Gasteiger partial charge in [0.05, 0.1) is 6.54 Å². The van der Waals surface area contributed by atoms with E-state index in [4.69, 9.17) is 16.6 Å². The highest BCUT2D eigenvalue weighted by Gasteiger charge is 2.21. The van der Waals surface area contributed by atoms with Gasteiger partial charge >= 0.3 is 12.0 Å². The molecule has 0 saturated carbocycles. The van der Waals surface area contributed by atoms with Gasteiger partial charge in [-0.2, -0.15) is 0 Å². The third-order valence-electron chi connectivity index (χ3n) is 1.96. The molecule has 0 unspecified atom stereocenters. The molecule has 0 aliphatic rings. The zero-order valence-corrected chi connectivity index (χ0v) is 9.14. The van der Waals surface area contributed by atoms with Crippen molar-refractivity contribution in [2.45, 2.75) is 19.4 Å². The Morgan fingerprint density at radius 2 is 2.19 bits per heavy atom. The summed E-state index contributed by atoms with van der Waals surface area (Å²) in [5.74, 6) is 1.12. The number of nitrogens with zero attached hydrogens (tertiary/aromatic N) is 1. The molecule has 0 saturated heterocycles. The number of amides is 2. The molecule has 0 aromatic carbocycles. The maximum atomic E-state index is 11.5. The predicted molar refractivity (Wildman–Crippen MR) is 57.7 cm³/mol. The van der Waals surface area contributed by atoms with E-state index < -0.39 is 18.0 Å². The molecule has 0 heterocycles. The molecule has 0 bridgehead atoms. The predicted octanol–water partition coefficient (Wildman–Crippen LogP) is -0.513. The minimum absolute atomic E-state index is 0.0331. The first kappa shape index (κ1) is 14.3. The number of aliphatic hydroxyl groups excluding tert-OH is 1. The van der Waals surface area contributed by atoms with Gasteiger partial charge in [0.25, 0.3) is 0 Å². The second-order valence-electron chi connectivity index (χ2n) is 3.07. The molecule has 0 aliphatic heterocycles. The van der Waals surface area contributed by atoms with E-state index in [-0.39, 0.29) is 19.6 Å². The molecule has 3 N–H and O–H groups in total. The number of carboxylic acids is 1. The fourth-order valence-electron chi connectivity index (χ4n) is 1.06. The number of carbonyl (C=O) groups excluding carboxylic acids is 1. The summed E-state index contributed by atoms with van der Waals surface area (Å²) >= 11 is 0. The summed E-state index contributed by atoms with van der Waals surface area (Å²) in [4.78, 5) is 23.5. The number of carbonyl (C=O) groups is 2. The first-order valence-corrected chi connectivity index (χ1v) is 4.89. The van der Waals surface area contributed by atoms with Gasteiger partial charge in [-0.25, -0.2) is 9.59 Å². The lowest BCUT2D eigenvalue weighted by Gasteiger charge is -2.21. The highest BCUT2D eigenvalue weighted by atomic mass is 16.4. The first-order chi connectivity index (χ1) is 7.56. The van der Waals surface area contributed by atoms with Gasteiger partial charge in [-0.3, -0.25) is 0 Å². The van der Waals surface area contributed by atoms with Crippen LogP contribution in [0.3, 0.4) is 0 Å². The van der Waals surface area contributed by atoms with E-state index >= 15 is 0 Å². The van der Waals surface area contributed by atoms with Gasteiger partial charge in [-0.05, 0) is 6.92 Å². The standard InChI is InChI=1S/C10H16N2O4/c1-3-6-12(4-2)10(16)11-8(5-7-13)9(14)15/h1,8,13H,4-7H2,2H3,(H,11,16)(H,14,15)/t8-/m1/s1. The molecular weight excluding hydrogens is 212 g/mol. The lowest BCUT2D eigenvalue weighted by molar-refractivity contribution is -0.139. The van der Waals surface area contributed by atoms with Crippen LogP contribution in [0.4, 0.5) is 4.79 Å². The SMILES string of the molecule is C#CCN(CC)C(=O)N[C@H](CCO)C(=O)O. The number of aliphatic hydroxyl groups is 1. The fourth-order valence-corrected chi connectivity index (χ4v) is 1.06. The minimum Gasteiger partial charge on any atom is -0.480 e. The summed E-state index contributed by atoms with van der Waals surface area (Å²) in [7, 11) is 0. The van der Waals surface area contributed by atoms with Crippen LogP contribution in [-0.4, -0.2) is 52.9 Å². The van der Waals surface area contributed by atoms with Gasteiger partial charge in [0.2, 0.25) is 0 Å². The molecule has 0 rings (SSSR count). The Morgan fingerprint density at radius 1 is 1.56 bits per heavy atom. The molecule has 0 spiro atoms. The van der Waals surface area contributed by atoms with Gasteiger partial charge in [0, 0.05) is 19.6 Å². The van der Waals surface area contributed by atoms with E-state index in [0.717, 1.165) is 0 Å². The molecule has 0 fully saturated rings. The topological polar surface area (TPSA) is 89.9 Å². The molecule has 1 atom stereocenters. The van der Waals surface area contributed by atoms with Crippen LogP contribution in [0.5, 0.6) is 0 Å². The molecule has 0 aromatic rings. The summed E-state index contributed by atoms with van der Waals surface area (Å²) in [5, 5.41) is 19.7. The largest absolute Gasteiger partial charge is 0.480 e. The van der Waals surface area contributed by atoms with Crippen LogP contribution in [0.15, 0.2) is 0 Å². The number of nitrogens with one attached hydrogen (secondary N) is 1. The van der Waals surface area contributed by atoms with Crippen molar-refractivity contribution in [1.82, 2.24) is 10.2 Å². The van der Waals surface area contributed by atoms with Crippen molar-refractivity contribution >= 4 is 12.0 Å². The normalized spacial score (nSPS) is 11.3. The van der Waals surface area contributed by atoms with Gasteiger partial charge in [-0.15, -0.1) is 6.42 Å². The molecule has 6 nitrogen and oxygen atoms in total. The van der Waals surface area contributed by atoms with Crippen molar-refractivity contribution in [2.24, 2.45) is 0 Å². The second-order valence-corrected chi connectivity index (χ2v) is 3.07. The number of hydrogen-bond donors (Lipinski definition) is 3. The second kappa shape index (κ2) is 7.54. The summed E-state index contributed by atoms with van der Waals surface area (Å²) in [6, 6.07) is -1.63. The Hall–Kier alpha value is -1.74. The summed E-state index contributed by atoms with van der Waals surface area (Å²) in [6.07, 6.45) is 5.03. The number of carboxylic acid groups (broad SMARTS) is 1. The average molecular weight is 228 g/mol. The highest BCUT2D eigenvalue weighted by Crippen LogP contribution is 1.95. The molecule has 16 heavy (non-hydrogen) atoms. The average Bonchev–Trinajstić information content (AvgIpc) is 2.24. The van der Waals surface area contributed by atoms with Crippen molar-refractivity contribution < 1.29 is 19.8 Å². The Bertz CT molecular complexity index is 285.